The Hall–Kier alpha value is -2.85. The van der Waals surface area contributed by atoms with Crippen LogP contribution in [0.3, 0.4) is 0 Å². The number of hydrogen-bond donors (Lipinski definition) is 0. The summed E-state index contributed by atoms with van der Waals surface area (Å²) in [6.07, 6.45) is -0.218. The van der Waals surface area contributed by atoms with Crippen molar-refractivity contribution in [2.75, 3.05) is 26.2 Å². The van der Waals surface area contributed by atoms with Crippen molar-refractivity contribution in [1.82, 2.24) is 9.80 Å². The molecule has 4 heteroatoms. The molecule has 3 aromatic carbocycles. The van der Waals surface area contributed by atoms with Gasteiger partial charge in [-0.2, -0.15) is 0 Å². The van der Waals surface area contributed by atoms with Gasteiger partial charge in [0.05, 0.1) is 0 Å². The van der Waals surface area contributed by atoms with Gasteiger partial charge in [0.2, 0.25) is 0 Å². The molecular weight excluding hydrogens is 336 g/mol. The van der Waals surface area contributed by atoms with Crippen LogP contribution in [-0.4, -0.2) is 42.1 Å². The largest absolute Gasteiger partial charge is 0.445 e. The minimum atomic E-state index is -0.218. The van der Waals surface area contributed by atoms with Crippen LogP contribution in [0.15, 0.2) is 72.8 Å². The Morgan fingerprint density at radius 1 is 0.778 bits per heavy atom. The van der Waals surface area contributed by atoms with Crippen LogP contribution in [0.4, 0.5) is 4.79 Å². The Labute approximate surface area is 160 Å². The number of amides is 1. The monoisotopic (exact) mass is 360 g/mol. The van der Waals surface area contributed by atoms with Crippen molar-refractivity contribution < 1.29 is 9.53 Å². The Morgan fingerprint density at radius 3 is 2.26 bits per heavy atom. The number of rotatable bonds is 4. The maximum atomic E-state index is 12.3. The van der Waals surface area contributed by atoms with E-state index in [1.54, 1.807) is 4.90 Å². The zero-order valence-corrected chi connectivity index (χ0v) is 15.4. The molecule has 4 nitrogen and oxygen atoms in total. The lowest BCUT2D eigenvalue weighted by atomic mass is 10.1. The third kappa shape index (κ3) is 4.47. The summed E-state index contributed by atoms with van der Waals surface area (Å²) in [6.45, 7) is 4.40. The van der Waals surface area contributed by atoms with Gasteiger partial charge in [-0.25, -0.2) is 4.79 Å². The Morgan fingerprint density at radius 2 is 1.48 bits per heavy atom. The van der Waals surface area contributed by atoms with Gasteiger partial charge in [0, 0.05) is 32.7 Å². The molecule has 0 unspecified atom stereocenters. The van der Waals surface area contributed by atoms with E-state index in [1.165, 1.54) is 16.3 Å². The third-order valence-corrected chi connectivity index (χ3v) is 5.06. The SMILES string of the molecule is O=C(OCc1ccccc1)N1CCN(Cc2ccc3ccccc3c2)CC1. The van der Waals surface area contributed by atoms with E-state index in [2.05, 4.69) is 47.4 Å². The molecule has 0 aromatic heterocycles. The van der Waals surface area contributed by atoms with Crippen molar-refractivity contribution in [3.05, 3.63) is 83.9 Å². The van der Waals surface area contributed by atoms with Crippen LogP contribution in [0.25, 0.3) is 10.8 Å². The highest BCUT2D eigenvalue weighted by molar-refractivity contribution is 5.82. The molecule has 0 atom stereocenters. The first-order valence-electron chi connectivity index (χ1n) is 9.43. The van der Waals surface area contributed by atoms with E-state index in [0.29, 0.717) is 19.7 Å². The maximum Gasteiger partial charge on any atom is 0.410 e. The van der Waals surface area contributed by atoms with Crippen molar-refractivity contribution >= 4 is 16.9 Å². The summed E-state index contributed by atoms with van der Waals surface area (Å²) in [6, 6.07) is 24.9. The number of fused-ring (bicyclic) bond motifs is 1. The van der Waals surface area contributed by atoms with Crippen LogP contribution in [0.5, 0.6) is 0 Å². The van der Waals surface area contributed by atoms with Crippen molar-refractivity contribution in [1.29, 1.82) is 0 Å². The van der Waals surface area contributed by atoms with Gasteiger partial charge in [0.25, 0.3) is 0 Å². The number of benzene rings is 3. The van der Waals surface area contributed by atoms with Crippen molar-refractivity contribution in [2.45, 2.75) is 13.2 Å². The van der Waals surface area contributed by atoms with Gasteiger partial charge < -0.3 is 9.64 Å². The molecule has 1 heterocycles. The molecule has 0 aliphatic carbocycles. The topological polar surface area (TPSA) is 32.8 Å². The van der Waals surface area contributed by atoms with Crippen LogP contribution in [0, 0.1) is 0 Å². The summed E-state index contributed by atoms with van der Waals surface area (Å²) in [4.78, 5) is 16.5. The molecule has 1 saturated heterocycles. The van der Waals surface area contributed by atoms with Gasteiger partial charge in [-0.15, -0.1) is 0 Å². The highest BCUT2D eigenvalue weighted by Gasteiger charge is 2.22. The second-order valence-electron chi connectivity index (χ2n) is 6.98. The molecule has 0 N–H and O–H groups in total. The fraction of sp³-hybridized carbons (Fsp3) is 0.261. The minimum Gasteiger partial charge on any atom is -0.445 e. The van der Waals surface area contributed by atoms with Crippen molar-refractivity contribution in [3.8, 4) is 0 Å². The quantitative estimate of drug-likeness (QED) is 0.696. The predicted molar refractivity (Wildman–Crippen MR) is 107 cm³/mol. The minimum absolute atomic E-state index is 0.218. The molecule has 27 heavy (non-hydrogen) atoms. The fourth-order valence-corrected chi connectivity index (χ4v) is 3.49. The van der Waals surface area contributed by atoms with Gasteiger partial charge >= 0.3 is 6.09 Å². The average Bonchev–Trinajstić information content (AvgIpc) is 2.73. The number of hydrogen-bond acceptors (Lipinski definition) is 3. The first kappa shape index (κ1) is 17.6. The molecule has 0 bridgehead atoms. The van der Waals surface area contributed by atoms with Gasteiger partial charge in [-0.05, 0) is 28.0 Å². The normalized spacial score (nSPS) is 15.0. The van der Waals surface area contributed by atoms with Crippen molar-refractivity contribution in [2.24, 2.45) is 0 Å². The lowest BCUT2D eigenvalue weighted by Gasteiger charge is -2.34. The lowest BCUT2D eigenvalue weighted by Crippen LogP contribution is -2.48. The van der Waals surface area contributed by atoms with Gasteiger partial charge in [-0.3, -0.25) is 4.90 Å². The molecule has 0 radical (unpaired) electrons. The molecule has 138 valence electrons. The van der Waals surface area contributed by atoms with Crippen LogP contribution in [0.1, 0.15) is 11.1 Å². The number of carbonyl (C=O) groups excluding carboxylic acids is 1. The third-order valence-electron chi connectivity index (χ3n) is 5.06. The first-order chi connectivity index (χ1) is 13.3. The van der Waals surface area contributed by atoms with E-state index in [4.69, 9.17) is 4.74 Å². The Bertz CT molecular complexity index is 902. The maximum absolute atomic E-state index is 12.3. The predicted octanol–water partition coefficient (Wildman–Crippen LogP) is 4.29. The number of piperazine rings is 1. The summed E-state index contributed by atoms with van der Waals surface area (Å²) in [5.74, 6) is 0. The summed E-state index contributed by atoms with van der Waals surface area (Å²) >= 11 is 0. The highest BCUT2D eigenvalue weighted by Crippen LogP contribution is 2.17. The lowest BCUT2D eigenvalue weighted by molar-refractivity contribution is 0.0700. The van der Waals surface area contributed by atoms with Crippen LogP contribution >= 0.6 is 0 Å². The number of carbonyl (C=O) groups is 1. The molecule has 0 spiro atoms. The average molecular weight is 360 g/mol. The van der Waals surface area contributed by atoms with Gasteiger partial charge in [-0.1, -0.05) is 66.7 Å². The Kier molecular flexibility index (Phi) is 5.35. The standard InChI is InChI=1S/C23H24N2O2/c26-23(27-18-19-6-2-1-3-7-19)25-14-12-24(13-15-25)17-20-10-11-21-8-4-5-9-22(21)16-20/h1-11,16H,12-15,17-18H2. The second-order valence-corrected chi connectivity index (χ2v) is 6.98. The summed E-state index contributed by atoms with van der Waals surface area (Å²) in [5.41, 5.74) is 2.33. The van der Waals surface area contributed by atoms with Crippen LogP contribution in [-0.2, 0) is 17.9 Å². The van der Waals surface area contributed by atoms with E-state index < -0.39 is 0 Å². The molecule has 1 amide bonds. The van der Waals surface area contributed by atoms with E-state index in [-0.39, 0.29) is 6.09 Å². The molecule has 3 aromatic rings. The number of nitrogens with zero attached hydrogens (tertiary/aromatic N) is 2. The van der Waals surface area contributed by atoms with E-state index >= 15 is 0 Å². The molecular formula is C23H24N2O2. The zero-order chi connectivity index (χ0) is 18.5. The molecule has 4 rings (SSSR count). The van der Waals surface area contributed by atoms with Gasteiger partial charge in [0.15, 0.2) is 0 Å². The second kappa shape index (κ2) is 8.23. The number of ether oxygens (including phenoxy) is 1. The smallest absolute Gasteiger partial charge is 0.410 e. The zero-order valence-electron chi connectivity index (χ0n) is 15.4. The molecule has 1 aliphatic heterocycles. The summed E-state index contributed by atoms with van der Waals surface area (Å²) < 4.78 is 5.44. The van der Waals surface area contributed by atoms with E-state index in [1.807, 2.05) is 30.3 Å². The van der Waals surface area contributed by atoms with E-state index in [9.17, 15) is 4.79 Å². The summed E-state index contributed by atoms with van der Waals surface area (Å²) in [5, 5.41) is 2.55. The molecule has 1 fully saturated rings. The van der Waals surface area contributed by atoms with Crippen LogP contribution < -0.4 is 0 Å². The summed E-state index contributed by atoms with van der Waals surface area (Å²) in [7, 11) is 0. The molecule has 0 saturated carbocycles. The Balaban J connectivity index is 1.27. The van der Waals surface area contributed by atoms with E-state index in [0.717, 1.165) is 25.2 Å². The molecule has 1 aliphatic rings. The van der Waals surface area contributed by atoms with Crippen molar-refractivity contribution in [3.63, 3.8) is 0 Å². The fourth-order valence-electron chi connectivity index (χ4n) is 3.49. The van der Waals surface area contributed by atoms with Crippen LogP contribution in [0.2, 0.25) is 0 Å². The highest BCUT2D eigenvalue weighted by atomic mass is 16.6. The first-order valence-corrected chi connectivity index (χ1v) is 9.43. The van der Waals surface area contributed by atoms with Gasteiger partial charge in [0.1, 0.15) is 6.61 Å².